The normalized spacial score (nSPS) is 12.0. The quantitative estimate of drug-likeness (QED) is 0.226. The summed E-state index contributed by atoms with van der Waals surface area (Å²) in [6, 6.07) is 20.1. The van der Waals surface area contributed by atoms with Crippen LogP contribution in [0.1, 0.15) is 17.8 Å². The van der Waals surface area contributed by atoms with Crippen LogP contribution in [0.4, 0.5) is 5.69 Å². The number of carbonyl (C=O) groups is 1. The highest BCUT2D eigenvalue weighted by Crippen LogP contribution is 2.32. The average molecular weight is 502 g/mol. The van der Waals surface area contributed by atoms with E-state index in [1.165, 1.54) is 17.1 Å². The second-order valence-electron chi connectivity index (χ2n) is 8.24. The number of carbonyl (C=O) groups excluding carboxylic acids is 1. The van der Waals surface area contributed by atoms with Crippen LogP contribution >= 0.6 is 11.8 Å². The van der Waals surface area contributed by atoms with Crippen LogP contribution in [0.2, 0.25) is 0 Å². The SMILES string of the molecule is C=CCn1c(CNc2cccc3ccccc23)nnc1SCCC(=O)NCc1ccc2c(c1)OCO2. The van der Waals surface area contributed by atoms with Gasteiger partial charge in [-0.3, -0.25) is 4.79 Å². The minimum Gasteiger partial charge on any atom is -0.454 e. The summed E-state index contributed by atoms with van der Waals surface area (Å²) in [5, 5.41) is 18.3. The molecule has 0 bridgehead atoms. The Morgan fingerprint density at radius 1 is 1.06 bits per heavy atom. The lowest BCUT2D eigenvalue weighted by atomic mass is 10.1. The van der Waals surface area contributed by atoms with Crippen molar-refractivity contribution >= 4 is 34.1 Å². The number of fused-ring (bicyclic) bond motifs is 2. The van der Waals surface area contributed by atoms with E-state index in [1.54, 1.807) is 0 Å². The summed E-state index contributed by atoms with van der Waals surface area (Å²) in [4.78, 5) is 12.4. The maximum absolute atomic E-state index is 12.4. The van der Waals surface area contributed by atoms with Gasteiger partial charge in [0.15, 0.2) is 22.5 Å². The van der Waals surface area contributed by atoms with Crippen LogP contribution in [0.5, 0.6) is 11.5 Å². The third kappa shape index (κ3) is 5.46. The Bertz CT molecular complexity index is 1380. The molecule has 5 rings (SSSR count). The maximum atomic E-state index is 12.4. The van der Waals surface area contributed by atoms with E-state index < -0.39 is 0 Å². The highest BCUT2D eigenvalue weighted by molar-refractivity contribution is 7.99. The summed E-state index contributed by atoms with van der Waals surface area (Å²) in [7, 11) is 0. The second kappa shape index (κ2) is 11.2. The highest BCUT2D eigenvalue weighted by Gasteiger charge is 2.15. The summed E-state index contributed by atoms with van der Waals surface area (Å²) in [6.45, 7) is 5.68. The smallest absolute Gasteiger partial charge is 0.231 e. The number of aromatic nitrogens is 3. The molecular weight excluding hydrogens is 474 g/mol. The second-order valence-corrected chi connectivity index (χ2v) is 9.30. The summed E-state index contributed by atoms with van der Waals surface area (Å²) in [5.41, 5.74) is 2.02. The number of hydrogen-bond donors (Lipinski definition) is 2. The van der Waals surface area contributed by atoms with Gasteiger partial charge < -0.3 is 24.7 Å². The van der Waals surface area contributed by atoms with E-state index in [2.05, 4.69) is 51.7 Å². The first kappa shape index (κ1) is 23.7. The van der Waals surface area contributed by atoms with Gasteiger partial charge in [0.2, 0.25) is 12.7 Å². The third-order valence-corrected chi connectivity index (χ3v) is 6.79. The van der Waals surface area contributed by atoms with Gasteiger partial charge >= 0.3 is 0 Å². The van der Waals surface area contributed by atoms with Crippen LogP contribution in [0.3, 0.4) is 0 Å². The van der Waals surface area contributed by atoms with Gasteiger partial charge in [-0.15, -0.1) is 16.8 Å². The average Bonchev–Trinajstić information content (AvgIpc) is 3.53. The van der Waals surface area contributed by atoms with E-state index in [4.69, 9.17) is 9.47 Å². The Hall–Kier alpha value is -3.98. The number of benzene rings is 3. The standard InChI is InChI=1S/C27H27N5O3S/c1-2-13-32-25(17-28-22-9-5-7-20-6-3-4-8-21(20)22)30-31-27(32)36-14-12-26(33)29-16-19-10-11-23-24(15-19)35-18-34-23/h2-11,15,28H,1,12-14,16-18H2,(H,29,33). The molecule has 184 valence electrons. The van der Waals surface area contributed by atoms with E-state index in [0.717, 1.165) is 33.4 Å². The molecular formula is C27H27N5O3S. The Morgan fingerprint density at radius 2 is 1.92 bits per heavy atom. The van der Waals surface area contributed by atoms with Gasteiger partial charge in [0, 0.05) is 36.3 Å². The van der Waals surface area contributed by atoms with Crippen LogP contribution in [0, 0.1) is 0 Å². The number of amides is 1. The van der Waals surface area contributed by atoms with E-state index in [1.807, 2.05) is 47.0 Å². The van der Waals surface area contributed by atoms with E-state index in [0.29, 0.717) is 37.6 Å². The zero-order valence-corrected chi connectivity index (χ0v) is 20.6. The zero-order valence-electron chi connectivity index (χ0n) is 19.8. The van der Waals surface area contributed by atoms with E-state index in [-0.39, 0.29) is 12.7 Å². The fourth-order valence-electron chi connectivity index (χ4n) is 4.00. The molecule has 0 atom stereocenters. The minimum absolute atomic E-state index is 0.0206. The van der Waals surface area contributed by atoms with Crippen LogP contribution in [0.15, 0.2) is 78.5 Å². The van der Waals surface area contributed by atoms with Crippen molar-refractivity contribution in [1.82, 2.24) is 20.1 Å². The predicted molar refractivity (Wildman–Crippen MR) is 141 cm³/mol. The molecule has 0 fully saturated rings. The Balaban J connectivity index is 1.14. The molecule has 0 radical (unpaired) electrons. The predicted octanol–water partition coefficient (Wildman–Crippen LogP) is 4.76. The van der Waals surface area contributed by atoms with Crippen molar-refractivity contribution in [3.8, 4) is 11.5 Å². The molecule has 1 aliphatic rings. The number of thioether (sulfide) groups is 1. The Morgan fingerprint density at radius 3 is 2.83 bits per heavy atom. The van der Waals surface area contributed by atoms with E-state index >= 15 is 0 Å². The fraction of sp³-hybridized carbons (Fsp3) is 0.222. The number of allylic oxidation sites excluding steroid dienone is 1. The molecule has 0 spiro atoms. The van der Waals surface area contributed by atoms with Crippen LogP contribution < -0.4 is 20.1 Å². The number of hydrogen-bond acceptors (Lipinski definition) is 7. The molecule has 2 heterocycles. The van der Waals surface area contributed by atoms with Gasteiger partial charge in [0.25, 0.3) is 0 Å². The topological polar surface area (TPSA) is 90.3 Å². The highest BCUT2D eigenvalue weighted by atomic mass is 32.2. The zero-order chi connectivity index (χ0) is 24.7. The number of rotatable bonds is 11. The van der Waals surface area contributed by atoms with Gasteiger partial charge in [0.1, 0.15) is 0 Å². The number of nitrogens with one attached hydrogen (secondary N) is 2. The van der Waals surface area contributed by atoms with Crippen molar-refractivity contribution in [1.29, 1.82) is 0 Å². The molecule has 4 aromatic rings. The monoisotopic (exact) mass is 501 g/mol. The molecule has 0 aliphatic carbocycles. The summed E-state index contributed by atoms with van der Waals surface area (Å²) in [6.07, 6.45) is 2.20. The number of ether oxygens (including phenoxy) is 2. The molecule has 0 saturated heterocycles. The third-order valence-electron chi connectivity index (χ3n) is 5.82. The number of nitrogens with zero attached hydrogens (tertiary/aromatic N) is 3. The first-order chi connectivity index (χ1) is 17.7. The van der Waals surface area contributed by atoms with Crippen molar-refractivity contribution in [2.24, 2.45) is 0 Å². The lowest BCUT2D eigenvalue weighted by molar-refractivity contribution is -0.120. The minimum atomic E-state index is -0.0206. The lowest BCUT2D eigenvalue weighted by Gasteiger charge is -2.11. The van der Waals surface area contributed by atoms with Crippen molar-refractivity contribution in [3.63, 3.8) is 0 Å². The molecule has 1 amide bonds. The van der Waals surface area contributed by atoms with Crippen molar-refractivity contribution in [3.05, 3.63) is 84.7 Å². The molecule has 8 nitrogen and oxygen atoms in total. The van der Waals surface area contributed by atoms with Gasteiger partial charge in [-0.2, -0.15) is 0 Å². The molecule has 0 saturated carbocycles. The first-order valence-corrected chi connectivity index (χ1v) is 12.7. The largest absolute Gasteiger partial charge is 0.454 e. The summed E-state index contributed by atoms with van der Waals surface area (Å²) < 4.78 is 12.7. The Labute approximate surface area is 213 Å². The summed E-state index contributed by atoms with van der Waals surface area (Å²) in [5.74, 6) is 2.84. The van der Waals surface area contributed by atoms with E-state index in [9.17, 15) is 4.79 Å². The molecule has 36 heavy (non-hydrogen) atoms. The van der Waals surface area contributed by atoms with Crippen LogP contribution in [0.25, 0.3) is 10.8 Å². The van der Waals surface area contributed by atoms with Crippen molar-refractivity contribution in [2.45, 2.75) is 31.2 Å². The summed E-state index contributed by atoms with van der Waals surface area (Å²) >= 11 is 1.51. The van der Waals surface area contributed by atoms with Crippen LogP contribution in [-0.4, -0.2) is 33.2 Å². The molecule has 1 aromatic heterocycles. The van der Waals surface area contributed by atoms with Crippen LogP contribution in [-0.2, 0) is 24.4 Å². The maximum Gasteiger partial charge on any atom is 0.231 e. The number of anilines is 1. The van der Waals surface area contributed by atoms with Crippen molar-refractivity contribution < 1.29 is 14.3 Å². The molecule has 1 aliphatic heterocycles. The van der Waals surface area contributed by atoms with Gasteiger partial charge in [0.05, 0.1) is 6.54 Å². The van der Waals surface area contributed by atoms with Gasteiger partial charge in [-0.25, -0.2) is 0 Å². The molecule has 3 aromatic carbocycles. The fourth-order valence-corrected chi connectivity index (χ4v) is 4.90. The van der Waals surface area contributed by atoms with Gasteiger partial charge in [-0.05, 0) is 29.1 Å². The van der Waals surface area contributed by atoms with Gasteiger partial charge in [-0.1, -0.05) is 60.3 Å². The lowest BCUT2D eigenvalue weighted by Crippen LogP contribution is -2.23. The molecule has 2 N–H and O–H groups in total. The Kier molecular flexibility index (Phi) is 7.37. The van der Waals surface area contributed by atoms with Crippen molar-refractivity contribution in [2.75, 3.05) is 17.9 Å². The molecule has 0 unspecified atom stereocenters. The molecule has 9 heteroatoms. The first-order valence-electron chi connectivity index (χ1n) is 11.7.